The van der Waals surface area contributed by atoms with Gasteiger partial charge in [0.25, 0.3) is 0 Å². The topological polar surface area (TPSA) is 58.6 Å². The molecule has 0 bridgehead atoms. The monoisotopic (exact) mass is 267 g/mol. The molecule has 1 fully saturated rings. The molecular weight excluding hydrogens is 242 g/mol. The molecule has 0 amide bonds. The zero-order valence-corrected chi connectivity index (χ0v) is 11.8. The van der Waals surface area contributed by atoms with E-state index in [1.807, 2.05) is 12.3 Å². The van der Waals surface area contributed by atoms with E-state index in [4.69, 9.17) is 4.74 Å². The van der Waals surface area contributed by atoms with Gasteiger partial charge in [0.05, 0.1) is 6.10 Å². The van der Waals surface area contributed by atoms with E-state index in [-0.39, 0.29) is 24.5 Å². The van der Waals surface area contributed by atoms with Crippen LogP contribution in [0.15, 0.2) is 23.9 Å². The van der Waals surface area contributed by atoms with Crippen molar-refractivity contribution >= 4 is 6.29 Å². The number of aliphatic hydroxyl groups excluding tert-OH is 1. The molecule has 0 aromatic heterocycles. The van der Waals surface area contributed by atoms with Crippen LogP contribution in [0.4, 0.5) is 0 Å². The molecule has 3 atom stereocenters. The van der Waals surface area contributed by atoms with Crippen LogP contribution in [0.5, 0.6) is 0 Å². The number of allylic oxidation sites excluding steroid dienone is 3. The van der Waals surface area contributed by atoms with E-state index in [1.165, 1.54) is 5.57 Å². The lowest BCUT2D eigenvalue weighted by atomic mass is 9.85. The van der Waals surface area contributed by atoms with E-state index in [0.717, 1.165) is 12.7 Å². The van der Waals surface area contributed by atoms with Gasteiger partial charge in [0.2, 0.25) is 0 Å². The number of carbonyl (C=O) groups excluding carboxylic acids is 1. The number of carbonyl (C=O) groups is 1. The highest BCUT2D eigenvalue weighted by atomic mass is 16.5. The predicted molar refractivity (Wildman–Crippen MR) is 75.7 cm³/mol. The van der Waals surface area contributed by atoms with Gasteiger partial charge in [0, 0.05) is 31.6 Å². The van der Waals surface area contributed by atoms with E-state index in [1.54, 1.807) is 0 Å². The highest BCUT2D eigenvalue weighted by Gasteiger charge is 2.33. The molecule has 0 unspecified atom stereocenters. The van der Waals surface area contributed by atoms with E-state index in [0.29, 0.717) is 19.6 Å². The molecule has 0 aliphatic carbocycles. The SMILES string of the molecule is CC/C(C)=C/C=C\NC[C@H]1OCC[C@@H](C=O)[C@H]1CO. The molecule has 19 heavy (non-hydrogen) atoms. The average molecular weight is 267 g/mol. The fourth-order valence-electron chi connectivity index (χ4n) is 2.18. The minimum Gasteiger partial charge on any atom is -0.396 e. The Balaban J connectivity index is 2.40. The van der Waals surface area contributed by atoms with Crippen LogP contribution in [0.25, 0.3) is 0 Å². The summed E-state index contributed by atoms with van der Waals surface area (Å²) in [5.74, 6) is -0.183. The molecule has 0 radical (unpaired) electrons. The summed E-state index contributed by atoms with van der Waals surface area (Å²) < 4.78 is 5.63. The number of hydrogen-bond donors (Lipinski definition) is 2. The van der Waals surface area contributed by atoms with Gasteiger partial charge in [-0.2, -0.15) is 0 Å². The van der Waals surface area contributed by atoms with Crippen molar-refractivity contribution in [2.45, 2.75) is 32.8 Å². The molecule has 1 saturated heterocycles. The van der Waals surface area contributed by atoms with Crippen LogP contribution >= 0.6 is 0 Å². The van der Waals surface area contributed by atoms with Crippen LogP contribution in [0.1, 0.15) is 26.7 Å². The Morgan fingerprint density at radius 2 is 2.32 bits per heavy atom. The molecule has 0 aromatic rings. The summed E-state index contributed by atoms with van der Waals surface area (Å²) >= 11 is 0. The lowest BCUT2D eigenvalue weighted by Crippen LogP contribution is -2.44. The smallest absolute Gasteiger partial charge is 0.123 e. The highest BCUT2D eigenvalue weighted by molar-refractivity contribution is 5.54. The number of hydrogen-bond acceptors (Lipinski definition) is 4. The van der Waals surface area contributed by atoms with Crippen LogP contribution in [0.2, 0.25) is 0 Å². The highest BCUT2D eigenvalue weighted by Crippen LogP contribution is 2.25. The first-order chi connectivity index (χ1) is 9.22. The summed E-state index contributed by atoms with van der Waals surface area (Å²) in [5.41, 5.74) is 1.32. The standard InChI is InChI=1S/C15H25NO3/c1-3-12(2)5-4-7-16-9-15-14(11-18)13(10-17)6-8-19-15/h4-5,7,10,13-16,18H,3,6,8-9,11H2,1-2H3/b7-4-,12-5+/t13-,14+,15+/m0/s1. The second-order valence-corrected chi connectivity index (χ2v) is 4.98. The Hall–Kier alpha value is -1.13. The van der Waals surface area contributed by atoms with Crippen LogP contribution in [-0.4, -0.2) is 37.3 Å². The first-order valence-corrected chi connectivity index (χ1v) is 6.96. The lowest BCUT2D eigenvalue weighted by Gasteiger charge is -2.34. The number of ether oxygens (including phenoxy) is 1. The Bertz CT molecular complexity index is 325. The van der Waals surface area contributed by atoms with Crippen LogP contribution in [0.3, 0.4) is 0 Å². The third kappa shape index (κ3) is 5.17. The summed E-state index contributed by atoms with van der Waals surface area (Å²) in [7, 11) is 0. The molecule has 108 valence electrons. The third-order valence-electron chi connectivity index (χ3n) is 3.67. The second kappa shape index (κ2) is 8.88. The Morgan fingerprint density at radius 1 is 1.53 bits per heavy atom. The molecule has 2 N–H and O–H groups in total. The molecule has 1 heterocycles. The normalized spacial score (nSPS) is 28.6. The van der Waals surface area contributed by atoms with Gasteiger partial charge in [-0.25, -0.2) is 0 Å². The Morgan fingerprint density at radius 3 is 2.95 bits per heavy atom. The van der Waals surface area contributed by atoms with Crippen LogP contribution in [-0.2, 0) is 9.53 Å². The molecule has 1 aliphatic rings. The van der Waals surface area contributed by atoms with Crippen molar-refractivity contribution in [3.05, 3.63) is 23.9 Å². The first kappa shape index (κ1) is 15.9. The van der Waals surface area contributed by atoms with Gasteiger partial charge >= 0.3 is 0 Å². The van der Waals surface area contributed by atoms with Crippen molar-refractivity contribution in [3.63, 3.8) is 0 Å². The van der Waals surface area contributed by atoms with Crippen LogP contribution < -0.4 is 5.32 Å². The largest absolute Gasteiger partial charge is 0.396 e. The molecule has 1 rings (SSSR count). The summed E-state index contributed by atoms with van der Waals surface area (Å²) in [6.07, 6.45) is 8.50. The van der Waals surface area contributed by atoms with E-state index >= 15 is 0 Å². The van der Waals surface area contributed by atoms with Crippen molar-refractivity contribution in [1.29, 1.82) is 0 Å². The quantitative estimate of drug-likeness (QED) is 0.544. The number of aldehydes is 1. The van der Waals surface area contributed by atoms with Gasteiger partial charge in [-0.3, -0.25) is 0 Å². The maximum Gasteiger partial charge on any atom is 0.123 e. The van der Waals surface area contributed by atoms with Crippen molar-refractivity contribution in [2.24, 2.45) is 11.8 Å². The van der Waals surface area contributed by atoms with E-state index < -0.39 is 0 Å². The van der Waals surface area contributed by atoms with Gasteiger partial charge in [-0.05, 0) is 32.0 Å². The maximum absolute atomic E-state index is 11.0. The van der Waals surface area contributed by atoms with Gasteiger partial charge in [0.15, 0.2) is 0 Å². The summed E-state index contributed by atoms with van der Waals surface area (Å²) in [6.45, 7) is 5.41. The Labute approximate surface area is 115 Å². The third-order valence-corrected chi connectivity index (χ3v) is 3.67. The zero-order valence-electron chi connectivity index (χ0n) is 11.8. The van der Waals surface area contributed by atoms with E-state index in [2.05, 4.69) is 25.2 Å². The second-order valence-electron chi connectivity index (χ2n) is 4.98. The maximum atomic E-state index is 11.0. The van der Waals surface area contributed by atoms with Gasteiger partial charge in [-0.15, -0.1) is 0 Å². The molecule has 0 saturated carbocycles. The summed E-state index contributed by atoms with van der Waals surface area (Å²) in [6, 6.07) is 0. The van der Waals surface area contributed by atoms with Gasteiger partial charge in [0.1, 0.15) is 6.29 Å². The van der Waals surface area contributed by atoms with Crippen molar-refractivity contribution in [1.82, 2.24) is 5.32 Å². The molecule has 1 aliphatic heterocycles. The van der Waals surface area contributed by atoms with Crippen LogP contribution in [0, 0.1) is 11.8 Å². The lowest BCUT2D eigenvalue weighted by molar-refractivity contribution is -0.124. The van der Waals surface area contributed by atoms with E-state index in [9.17, 15) is 9.90 Å². The minimum absolute atomic E-state index is 0.00564. The molecule has 4 nitrogen and oxygen atoms in total. The summed E-state index contributed by atoms with van der Waals surface area (Å²) in [4.78, 5) is 11.0. The molecule has 0 spiro atoms. The number of aliphatic hydroxyl groups is 1. The van der Waals surface area contributed by atoms with Gasteiger partial charge < -0.3 is 20.0 Å². The fraction of sp³-hybridized carbons (Fsp3) is 0.667. The predicted octanol–water partition coefficient (Wildman–Crippen LogP) is 1.66. The Kier molecular flexibility index (Phi) is 7.45. The van der Waals surface area contributed by atoms with Crippen molar-refractivity contribution < 1.29 is 14.6 Å². The summed E-state index contributed by atoms with van der Waals surface area (Å²) in [5, 5.41) is 12.5. The molecule has 4 heteroatoms. The van der Waals surface area contributed by atoms with Crippen molar-refractivity contribution in [2.75, 3.05) is 19.8 Å². The minimum atomic E-state index is -0.102. The van der Waals surface area contributed by atoms with Gasteiger partial charge in [-0.1, -0.05) is 18.6 Å². The number of rotatable bonds is 7. The average Bonchev–Trinajstić information content (AvgIpc) is 2.45. The molecule has 0 aromatic carbocycles. The number of nitrogens with one attached hydrogen (secondary N) is 1. The first-order valence-electron chi connectivity index (χ1n) is 6.96. The fourth-order valence-corrected chi connectivity index (χ4v) is 2.18. The zero-order chi connectivity index (χ0) is 14.1. The van der Waals surface area contributed by atoms with Crippen molar-refractivity contribution in [3.8, 4) is 0 Å². The molecular formula is C15H25NO3.